The minimum absolute atomic E-state index is 0. The molecule has 1 saturated heterocycles. The fraction of sp³-hybridized carbons (Fsp3) is 0.545. The predicted octanol–water partition coefficient (Wildman–Crippen LogP) is 1.91. The summed E-state index contributed by atoms with van der Waals surface area (Å²) in [5, 5.41) is 13.0. The lowest BCUT2D eigenvalue weighted by molar-refractivity contribution is -0.0322. The Labute approximate surface area is 132 Å². The van der Waals surface area contributed by atoms with Gasteiger partial charge in [-0.2, -0.15) is 5.10 Å². The summed E-state index contributed by atoms with van der Waals surface area (Å²) in [6, 6.07) is -0.929. The highest BCUT2D eigenvalue weighted by atomic mass is 35.5. The van der Waals surface area contributed by atoms with Gasteiger partial charge in [0, 0.05) is 0 Å². The number of piperidine rings is 1. The fourth-order valence-electron chi connectivity index (χ4n) is 2.29. The van der Waals surface area contributed by atoms with E-state index in [2.05, 4.69) is 30.8 Å². The van der Waals surface area contributed by atoms with Crippen LogP contribution in [0.3, 0.4) is 0 Å². The van der Waals surface area contributed by atoms with E-state index in [0.29, 0.717) is 35.5 Å². The van der Waals surface area contributed by atoms with Crippen molar-refractivity contribution in [3.63, 3.8) is 0 Å². The van der Waals surface area contributed by atoms with Crippen molar-refractivity contribution in [3.05, 3.63) is 12.0 Å². The van der Waals surface area contributed by atoms with Crippen molar-refractivity contribution < 1.29 is 8.78 Å². The van der Waals surface area contributed by atoms with Crippen molar-refractivity contribution >= 4 is 41.7 Å². The first kappa shape index (κ1) is 17.8. The topological polar surface area (TPSA) is 78.5 Å². The Hall–Kier alpha value is -1.25. The third-order valence-corrected chi connectivity index (χ3v) is 3.33. The van der Waals surface area contributed by atoms with Crippen LogP contribution in [0.25, 0.3) is 11.0 Å². The number of aromatic amines is 1. The summed E-state index contributed by atoms with van der Waals surface area (Å²) in [5.41, 5.74) is 1.24. The summed E-state index contributed by atoms with van der Waals surface area (Å²) < 4.78 is 27.6. The molecule has 0 spiro atoms. The summed E-state index contributed by atoms with van der Waals surface area (Å²) in [6.07, 6.45) is 1.68. The summed E-state index contributed by atoms with van der Waals surface area (Å²) in [5.74, 6) is -2.39. The molecular formula is C11H16Cl2F2N6. The molecule has 1 aliphatic heterocycles. The number of anilines is 1. The predicted molar refractivity (Wildman–Crippen MR) is 80.8 cm³/mol. The molecule has 3 N–H and O–H groups in total. The van der Waals surface area contributed by atoms with Crippen LogP contribution < -0.4 is 10.6 Å². The van der Waals surface area contributed by atoms with Gasteiger partial charge < -0.3 is 10.6 Å². The quantitative estimate of drug-likeness (QED) is 0.778. The average Bonchev–Trinajstić information content (AvgIpc) is 2.75. The molecule has 0 saturated carbocycles. The van der Waals surface area contributed by atoms with E-state index in [-0.39, 0.29) is 31.4 Å². The second-order valence-electron chi connectivity index (χ2n) is 4.68. The average molecular weight is 341 g/mol. The number of aromatic nitrogens is 4. The maximum Gasteiger partial charge on any atom is 0.279 e. The van der Waals surface area contributed by atoms with Crippen LogP contribution in [0.15, 0.2) is 6.33 Å². The number of aryl methyl sites for hydroxylation is 1. The first-order valence-electron chi connectivity index (χ1n) is 6.09. The molecule has 118 valence electrons. The van der Waals surface area contributed by atoms with Crippen LogP contribution in [0.4, 0.5) is 14.6 Å². The minimum atomic E-state index is -2.80. The Morgan fingerprint density at radius 2 is 2.10 bits per heavy atom. The van der Waals surface area contributed by atoms with Gasteiger partial charge in [0.15, 0.2) is 5.65 Å². The number of nitrogens with zero attached hydrogens (tertiary/aromatic N) is 3. The Morgan fingerprint density at radius 1 is 1.33 bits per heavy atom. The second kappa shape index (κ2) is 6.67. The molecule has 1 unspecified atom stereocenters. The van der Waals surface area contributed by atoms with E-state index in [1.807, 2.05) is 0 Å². The van der Waals surface area contributed by atoms with Crippen LogP contribution in [-0.2, 0) is 0 Å². The first-order valence-corrected chi connectivity index (χ1v) is 6.09. The van der Waals surface area contributed by atoms with Gasteiger partial charge in [-0.3, -0.25) is 5.10 Å². The molecule has 2 aromatic heterocycles. The van der Waals surface area contributed by atoms with Crippen LogP contribution in [0.2, 0.25) is 0 Å². The molecule has 0 radical (unpaired) electrons. The van der Waals surface area contributed by atoms with Crippen LogP contribution in [0.5, 0.6) is 0 Å². The van der Waals surface area contributed by atoms with Crippen LogP contribution in [0.1, 0.15) is 12.1 Å². The van der Waals surface area contributed by atoms with E-state index < -0.39 is 12.0 Å². The third kappa shape index (κ3) is 3.33. The van der Waals surface area contributed by atoms with Crippen molar-refractivity contribution in [2.75, 3.05) is 18.4 Å². The van der Waals surface area contributed by atoms with Crippen LogP contribution in [0, 0.1) is 6.92 Å². The largest absolute Gasteiger partial charge is 0.360 e. The molecule has 0 aliphatic carbocycles. The molecule has 0 bridgehead atoms. The molecule has 1 aliphatic rings. The van der Waals surface area contributed by atoms with E-state index in [4.69, 9.17) is 0 Å². The molecule has 0 aromatic carbocycles. The molecule has 21 heavy (non-hydrogen) atoms. The smallest absolute Gasteiger partial charge is 0.279 e. The Kier molecular flexibility index (Phi) is 5.66. The highest BCUT2D eigenvalue weighted by Crippen LogP contribution is 2.28. The number of halogens is 4. The molecule has 1 atom stereocenters. The number of H-pyrrole nitrogens is 1. The SMILES string of the molecule is Cc1n[nH]c2ncnc(NC3CCNCC3(F)F)c12.Cl.Cl. The summed E-state index contributed by atoms with van der Waals surface area (Å²) >= 11 is 0. The first-order chi connectivity index (χ1) is 9.08. The molecule has 1 fully saturated rings. The molecule has 6 nitrogen and oxygen atoms in total. The van der Waals surface area contributed by atoms with Gasteiger partial charge in [-0.25, -0.2) is 18.7 Å². The van der Waals surface area contributed by atoms with Gasteiger partial charge in [0.05, 0.1) is 23.7 Å². The number of hydrogen-bond donors (Lipinski definition) is 3. The monoisotopic (exact) mass is 340 g/mol. The summed E-state index contributed by atoms with van der Waals surface area (Å²) in [6.45, 7) is 2.03. The Bertz CT molecular complexity index is 605. The van der Waals surface area contributed by atoms with Gasteiger partial charge in [0.1, 0.15) is 12.1 Å². The zero-order valence-corrected chi connectivity index (χ0v) is 12.8. The van der Waals surface area contributed by atoms with Crippen molar-refractivity contribution in [3.8, 4) is 0 Å². The Balaban J connectivity index is 0.00000110. The van der Waals surface area contributed by atoms with E-state index in [0.717, 1.165) is 0 Å². The van der Waals surface area contributed by atoms with Crippen molar-refractivity contribution in [2.45, 2.75) is 25.3 Å². The van der Waals surface area contributed by atoms with Crippen LogP contribution >= 0.6 is 24.8 Å². The number of alkyl halides is 2. The van der Waals surface area contributed by atoms with Gasteiger partial charge >= 0.3 is 0 Å². The van der Waals surface area contributed by atoms with E-state index in [9.17, 15) is 8.78 Å². The zero-order chi connectivity index (χ0) is 13.5. The van der Waals surface area contributed by atoms with E-state index in [1.165, 1.54) is 6.33 Å². The van der Waals surface area contributed by atoms with Gasteiger partial charge in [-0.05, 0) is 19.9 Å². The highest BCUT2D eigenvalue weighted by molar-refractivity contribution is 5.88. The summed E-state index contributed by atoms with van der Waals surface area (Å²) in [7, 11) is 0. The highest BCUT2D eigenvalue weighted by Gasteiger charge is 2.42. The molecule has 3 rings (SSSR count). The van der Waals surface area contributed by atoms with Gasteiger partial charge in [-0.1, -0.05) is 0 Å². The second-order valence-corrected chi connectivity index (χ2v) is 4.68. The van der Waals surface area contributed by atoms with Crippen molar-refractivity contribution in [2.24, 2.45) is 0 Å². The molecular weight excluding hydrogens is 325 g/mol. The van der Waals surface area contributed by atoms with E-state index >= 15 is 0 Å². The van der Waals surface area contributed by atoms with Gasteiger partial charge in [0.25, 0.3) is 5.92 Å². The van der Waals surface area contributed by atoms with Gasteiger partial charge in [-0.15, -0.1) is 24.8 Å². The minimum Gasteiger partial charge on any atom is -0.360 e. The van der Waals surface area contributed by atoms with Crippen molar-refractivity contribution in [1.82, 2.24) is 25.5 Å². The number of nitrogens with one attached hydrogen (secondary N) is 3. The fourth-order valence-corrected chi connectivity index (χ4v) is 2.29. The zero-order valence-electron chi connectivity index (χ0n) is 11.2. The van der Waals surface area contributed by atoms with Gasteiger partial charge in [0.2, 0.25) is 0 Å². The Morgan fingerprint density at radius 3 is 2.81 bits per heavy atom. The third-order valence-electron chi connectivity index (χ3n) is 3.33. The van der Waals surface area contributed by atoms with E-state index in [1.54, 1.807) is 6.92 Å². The molecule has 10 heteroatoms. The maximum atomic E-state index is 13.8. The number of hydrogen-bond acceptors (Lipinski definition) is 5. The van der Waals surface area contributed by atoms with Crippen molar-refractivity contribution in [1.29, 1.82) is 0 Å². The molecule has 3 heterocycles. The lowest BCUT2D eigenvalue weighted by Crippen LogP contribution is -2.53. The van der Waals surface area contributed by atoms with Crippen LogP contribution in [-0.4, -0.2) is 45.2 Å². The standard InChI is InChI=1S/C11H14F2N6.2ClH/c1-6-8-9(15-5-16-10(8)19-18-6)17-7-2-3-14-4-11(7,12)13;;/h5,7,14H,2-4H2,1H3,(H2,15,16,17,18,19);2*1H. The molecule has 0 amide bonds. The molecule has 2 aromatic rings. The number of rotatable bonds is 2. The maximum absolute atomic E-state index is 13.8. The lowest BCUT2D eigenvalue weighted by atomic mass is 10.0. The summed E-state index contributed by atoms with van der Waals surface area (Å²) in [4.78, 5) is 8.09. The lowest BCUT2D eigenvalue weighted by Gasteiger charge is -2.32. The number of fused-ring (bicyclic) bond motifs is 1. The normalized spacial score (nSPS) is 20.4.